The minimum absolute atomic E-state index is 0.0428. The lowest BCUT2D eigenvalue weighted by Crippen LogP contribution is -2.47. The maximum atomic E-state index is 6.79. The lowest BCUT2D eigenvalue weighted by atomic mass is 9.97. The molecular weight excluding hydrogens is 620 g/mol. The molecule has 0 saturated carbocycles. The molecule has 0 aromatic heterocycles. The van der Waals surface area contributed by atoms with Gasteiger partial charge in [0, 0.05) is 22.3 Å². The van der Waals surface area contributed by atoms with Crippen molar-refractivity contribution in [3.63, 3.8) is 0 Å². The van der Waals surface area contributed by atoms with Crippen molar-refractivity contribution in [1.82, 2.24) is 0 Å². The van der Waals surface area contributed by atoms with E-state index in [4.69, 9.17) is 18.9 Å². The number of benzene rings is 4. The molecule has 0 N–H and O–H groups in total. The molecule has 50 heavy (non-hydrogen) atoms. The van der Waals surface area contributed by atoms with Gasteiger partial charge in [-0.1, -0.05) is 134 Å². The van der Waals surface area contributed by atoms with Crippen LogP contribution in [0.5, 0.6) is 0 Å². The smallest absolute Gasteiger partial charge is 0.222 e. The van der Waals surface area contributed by atoms with E-state index in [2.05, 4.69) is 125 Å². The fraction of sp³-hybridized carbons (Fsp3) is 0.455. The Kier molecular flexibility index (Phi) is 11.9. The Balaban J connectivity index is 0.896. The van der Waals surface area contributed by atoms with Gasteiger partial charge in [0.25, 0.3) is 0 Å². The third kappa shape index (κ3) is 8.92. The van der Waals surface area contributed by atoms with E-state index in [-0.39, 0.29) is 12.2 Å². The first-order valence-electron chi connectivity index (χ1n) is 18.7. The molecule has 6 heteroatoms. The number of quaternary nitrogens is 2. The summed E-state index contributed by atoms with van der Waals surface area (Å²) in [6, 6.07) is 41.5. The summed E-state index contributed by atoms with van der Waals surface area (Å²) in [5.41, 5.74) is 4.20. The summed E-state index contributed by atoms with van der Waals surface area (Å²) < 4.78 is 28.5. The monoisotopic (exact) mass is 678 g/mol. The summed E-state index contributed by atoms with van der Waals surface area (Å²) in [5.74, 6) is -1.68. The molecule has 4 aromatic carbocycles. The number of rotatable bonds is 17. The van der Waals surface area contributed by atoms with Crippen LogP contribution in [-0.4, -0.2) is 88.8 Å². The van der Waals surface area contributed by atoms with E-state index in [0.717, 1.165) is 57.4 Å². The molecule has 2 saturated heterocycles. The Morgan fingerprint density at radius 3 is 1.02 bits per heavy atom. The average Bonchev–Trinajstić information content (AvgIpc) is 3.76. The molecule has 0 spiro atoms. The molecule has 2 fully saturated rings. The average molecular weight is 679 g/mol. The van der Waals surface area contributed by atoms with Crippen molar-refractivity contribution in [1.29, 1.82) is 0 Å². The second kappa shape index (κ2) is 16.3. The van der Waals surface area contributed by atoms with Gasteiger partial charge in [0.2, 0.25) is 11.6 Å². The minimum atomic E-state index is -0.840. The first-order valence-corrected chi connectivity index (χ1v) is 18.7. The van der Waals surface area contributed by atoms with Crippen molar-refractivity contribution in [2.24, 2.45) is 0 Å². The van der Waals surface area contributed by atoms with Gasteiger partial charge in [0.05, 0.1) is 54.5 Å². The van der Waals surface area contributed by atoms with Crippen LogP contribution in [0.4, 0.5) is 0 Å². The molecule has 2 heterocycles. The van der Waals surface area contributed by atoms with Crippen LogP contribution >= 0.6 is 0 Å². The molecule has 4 aromatic rings. The number of likely N-dealkylation sites (N-methyl/N-ethyl adjacent to an activating group) is 2. The van der Waals surface area contributed by atoms with Crippen LogP contribution < -0.4 is 0 Å². The van der Waals surface area contributed by atoms with Crippen LogP contribution in [0.15, 0.2) is 121 Å². The highest BCUT2D eigenvalue weighted by Gasteiger charge is 2.47. The lowest BCUT2D eigenvalue weighted by molar-refractivity contribution is -0.893. The van der Waals surface area contributed by atoms with Crippen LogP contribution in [0.3, 0.4) is 0 Å². The Hall–Kier alpha value is -3.36. The Labute approximate surface area is 300 Å². The van der Waals surface area contributed by atoms with Gasteiger partial charge in [-0.25, -0.2) is 0 Å². The van der Waals surface area contributed by atoms with Gasteiger partial charge in [-0.15, -0.1) is 0 Å². The SMILES string of the molecule is C[N+](C)(CCCCCCCC[N+](C)(C)CC1COC(c2ccccc2)(c2ccccc2)O1)CC1COC(c2ccccc2)(c2ccccc2)O1. The fourth-order valence-corrected chi connectivity index (χ4v) is 7.85. The second-order valence-electron chi connectivity index (χ2n) is 15.6. The van der Waals surface area contributed by atoms with Crippen molar-refractivity contribution in [2.45, 2.75) is 62.3 Å². The summed E-state index contributed by atoms with van der Waals surface area (Å²) in [6.07, 6.45) is 7.67. The lowest BCUT2D eigenvalue weighted by Gasteiger charge is -2.33. The predicted octanol–water partition coefficient (Wildman–Crippen LogP) is 8.11. The molecule has 266 valence electrons. The van der Waals surface area contributed by atoms with Gasteiger partial charge in [-0.05, 0) is 25.7 Å². The maximum Gasteiger partial charge on any atom is 0.222 e. The third-order valence-corrected chi connectivity index (χ3v) is 10.4. The Bertz CT molecular complexity index is 1380. The van der Waals surface area contributed by atoms with Gasteiger partial charge in [0.1, 0.15) is 25.3 Å². The molecule has 0 radical (unpaired) electrons. The van der Waals surface area contributed by atoms with E-state index < -0.39 is 11.6 Å². The summed E-state index contributed by atoms with van der Waals surface area (Å²) in [6.45, 7) is 5.35. The molecular formula is C44H58N2O4+2. The maximum absolute atomic E-state index is 6.79. The molecule has 2 aliphatic rings. The molecule has 2 unspecified atom stereocenters. The topological polar surface area (TPSA) is 36.9 Å². The molecule has 6 rings (SSSR count). The summed E-state index contributed by atoms with van der Waals surface area (Å²) in [5, 5.41) is 0. The van der Waals surface area contributed by atoms with Gasteiger partial charge in [0.15, 0.2) is 0 Å². The van der Waals surface area contributed by atoms with E-state index in [1.807, 2.05) is 24.3 Å². The zero-order valence-electron chi connectivity index (χ0n) is 30.7. The standard InChI is InChI=1S/C44H58N2O4/c1-45(2,33-41-35-47-43(49-41,37-23-13-9-14-24-37)38-25-15-10-16-26-38)31-21-7-5-6-8-22-32-46(3,4)34-42-36-48-44(50-42,39-27-17-11-18-28-39)40-29-19-12-20-30-40/h9-20,23-30,41-42H,5-8,21-22,31-36H2,1-4H3/q+2. The molecule has 0 aliphatic carbocycles. The first-order chi connectivity index (χ1) is 24.2. The minimum Gasteiger partial charge on any atom is -0.339 e. The second-order valence-corrected chi connectivity index (χ2v) is 15.6. The van der Waals surface area contributed by atoms with Gasteiger partial charge < -0.3 is 27.9 Å². The molecule has 0 amide bonds. The van der Waals surface area contributed by atoms with Crippen molar-refractivity contribution >= 4 is 0 Å². The van der Waals surface area contributed by atoms with Gasteiger partial charge >= 0.3 is 0 Å². The zero-order valence-corrected chi connectivity index (χ0v) is 30.7. The van der Waals surface area contributed by atoms with Crippen molar-refractivity contribution in [3.8, 4) is 0 Å². The van der Waals surface area contributed by atoms with E-state index in [1.54, 1.807) is 0 Å². The van der Waals surface area contributed by atoms with Crippen LogP contribution in [0.1, 0.15) is 60.8 Å². The predicted molar refractivity (Wildman–Crippen MR) is 200 cm³/mol. The Morgan fingerprint density at radius 2 is 0.720 bits per heavy atom. The third-order valence-electron chi connectivity index (χ3n) is 10.4. The van der Waals surface area contributed by atoms with E-state index in [0.29, 0.717) is 13.2 Å². The molecule has 0 bridgehead atoms. The summed E-state index contributed by atoms with van der Waals surface area (Å²) >= 11 is 0. The quantitative estimate of drug-likeness (QED) is 0.0836. The summed E-state index contributed by atoms with van der Waals surface area (Å²) in [7, 11) is 9.32. The normalized spacial score (nSPS) is 20.2. The van der Waals surface area contributed by atoms with Crippen LogP contribution in [0, 0.1) is 0 Å². The summed E-state index contributed by atoms with van der Waals surface area (Å²) in [4.78, 5) is 0. The van der Waals surface area contributed by atoms with Gasteiger partial charge in [-0.3, -0.25) is 0 Å². The first kappa shape index (κ1) is 36.4. The number of unbranched alkanes of at least 4 members (excludes halogenated alkanes) is 5. The van der Waals surface area contributed by atoms with Gasteiger partial charge in [-0.2, -0.15) is 0 Å². The Morgan fingerprint density at radius 1 is 0.440 bits per heavy atom. The van der Waals surface area contributed by atoms with E-state index in [1.165, 1.54) is 38.5 Å². The number of ether oxygens (including phenoxy) is 4. The molecule has 2 aliphatic heterocycles. The van der Waals surface area contributed by atoms with E-state index >= 15 is 0 Å². The largest absolute Gasteiger partial charge is 0.339 e. The highest BCUT2D eigenvalue weighted by Crippen LogP contribution is 2.42. The number of hydrogen-bond donors (Lipinski definition) is 0. The van der Waals surface area contributed by atoms with Crippen LogP contribution in [0.25, 0.3) is 0 Å². The zero-order chi connectivity index (χ0) is 34.9. The van der Waals surface area contributed by atoms with Crippen molar-refractivity contribution in [3.05, 3.63) is 144 Å². The highest BCUT2D eigenvalue weighted by molar-refractivity contribution is 5.35. The molecule has 2 atom stereocenters. The highest BCUT2D eigenvalue weighted by atomic mass is 16.8. The molecule has 6 nitrogen and oxygen atoms in total. The van der Waals surface area contributed by atoms with E-state index in [9.17, 15) is 0 Å². The van der Waals surface area contributed by atoms with Crippen molar-refractivity contribution in [2.75, 3.05) is 67.6 Å². The fourth-order valence-electron chi connectivity index (χ4n) is 7.85. The van der Waals surface area contributed by atoms with Crippen LogP contribution in [-0.2, 0) is 30.5 Å². The van der Waals surface area contributed by atoms with Crippen LogP contribution in [0.2, 0.25) is 0 Å². The van der Waals surface area contributed by atoms with Crippen molar-refractivity contribution < 1.29 is 27.9 Å². The number of nitrogens with zero attached hydrogens (tertiary/aromatic N) is 2. The number of hydrogen-bond acceptors (Lipinski definition) is 4.